The molecule has 0 atom stereocenters. The van der Waals surface area contributed by atoms with Crippen molar-refractivity contribution in [1.29, 1.82) is 0 Å². The molecule has 0 spiro atoms. The maximum absolute atomic E-state index is 14.1. The van der Waals surface area contributed by atoms with Crippen LogP contribution in [0.5, 0.6) is 17.2 Å². The lowest BCUT2D eigenvalue weighted by molar-refractivity contribution is 0.0717. The van der Waals surface area contributed by atoms with Crippen LogP contribution in [0.3, 0.4) is 0 Å². The molecule has 1 saturated heterocycles. The van der Waals surface area contributed by atoms with Crippen LogP contribution in [0.4, 0.5) is 19.7 Å². The van der Waals surface area contributed by atoms with E-state index in [1.807, 2.05) is 0 Å². The molecule has 1 aromatic heterocycles. The number of methoxy groups -OCH3 is 3. The lowest BCUT2D eigenvalue weighted by Gasteiger charge is -2.32. The molecule has 196 valence electrons. The number of halogens is 2. The van der Waals surface area contributed by atoms with Crippen LogP contribution in [0, 0.1) is 11.6 Å². The molecular weight excluding hydrogens is 506 g/mol. The topological polar surface area (TPSA) is 116 Å². The van der Waals surface area contributed by atoms with E-state index in [-0.39, 0.29) is 22.6 Å². The Balaban J connectivity index is 1.41. The zero-order valence-corrected chi connectivity index (χ0v) is 21.3. The van der Waals surface area contributed by atoms with E-state index >= 15 is 0 Å². The summed E-state index contributed by atoms with van der Waals surface area (Å²) < 4.78 is 44.1. The highest BCUT2D eigenvalue weighted by atomic mass is 32.1. The van der Waals surface area contributed by atoms with Crippen LogP contribution in [0.15, 0.2) is 30.3 Å². The van der Waals surface area contributed by atoms with Gasteiger partial charge in [0.25, 0.3) is 5.91 Å². The fourth-order valence-corrected chi connectivity index (χ4v) is 5.08. The van der Waals surface area contributed by atoms with Crippen molar-refractivity contribution < 1.29 is 32.6 Å². The van der Waals surface area contributed by atoms with Gasteiger partial charge in [0, 0.05) is 24.7 Å². The number of carbonyl (C=O) groups excluding carboxylic acids is 2. The lowest BCUT2D eigenvalue weighted by Crippen LogP contribution is -2.42. The lowest BCUT2D eigenvalue weighted by atomic mass is 10.0. The largest absolute Gasteiger partial charge is 0.493 e. The van der Waals surface area contributed by atoms with Gasteiger partial charge < -0.3 is 30.2 Å². The average molecular weight is 533 g/mol. The summed E-state index contributed by atoms with van der Waals surface area (Å²) in [5, 5.41) is 3.59. The number of anilines is 2. The van der Waals surface area contributed by atoms with E-state index in [9.17, 15) is 18.4 Å². The van der Waals surface area contributed by atoms with Crippen LogP contribution in [-0.4, -0.2) is 62.0 Å². The highest BCUT2D eigenvalue weighted by molar-refractivity contribution is 7.18. The molecule has 0 radical (unpaired) electrons. The second kappa shape index (κ2) is 11.0. The predicted molar refractivity (Wildman–Crippen MR) is 135 cm³/mol. The molecule has 9 nitrogen and oxygen atoms in total. The Kier molecular flexibility index (Phi) is 7.77. The first kappa shape index (κ1) is 26.1. The molecule has 2 aromatic carbocycles. The number of hydrogen-bond donors (Lipinski definition) is 2. The molecular formula is C25H26F2N4O5S. The van der Waals surface area contributed by atoms with E-state index in [2.05, 4.69) is 10.3 Å². The van der Waals surface area contributed by atoms with Gasteiger partial charge in [-0.1, -0.05) is 17.4 Å². The minimum atomic E-state index is -0.962. The standard InChI is InChI=1S/C25H26F2N4O5S/c1-34-17-11-13(12-18(35-2)21(17)36-3)24(33)31-9-7-14(8-10-31)29-25-30-23(28)22(37-25)20(32)19-15(26)5-4-6-16(19)27/h4-6,11-12,14H,7-10,28H2,1-3H3,(H,29,30). The fraction of sp³-hybridized carbons (Fsp3) is 0.320. The summed E-state index contributed by atoms with van der Waals surface area (Å²) in [4.78, 5) is 31.7. The van der Waals surface area contributed by atoms with Crippen molar-refractivity contribution in [3.8, 4) is 17.2 Å². The number of thiazole rings is 1. The molecule has 0 saturated carbocycles. The summed E-state index contributed by atoms with van der Waals surface area (Å²) in [7, 11) is 4.46. The highest BCUT2D eigenvalue weighted by Crippen LogP contribution is 2.38. The Bertz CT molecular complexity index is 1280. The highest BCUT2D eigenvalue weighted by Gasteiger charge is 2.28. The number of ketones is 1. The fourth-order valence-electron chi connectivity index (χ4n) is 4.17. The summed E-state index contributed by atoms with van der Waals surface area (Å²) in [6, 6.07) is 6.40. The van der Waals surface area contributed by atoms with Crippen LogP contribution in [0.1, 0.15) is 38.4 Å². The number of hydrogen-bond acceptors (Lipinski definition) is 9. The van der Waals surface area contributed by atoms with E-state index in [0.29, 0.717) is 53.9 Å². The van der Waals surface area contributed by atoms with Crippen molar-refractivity contribution in [1.82, 2.24) is 9.88 Å². The first-order chi connectivity index (χ1) is 17.8. The zero-order chi connectivity index (χ0) is 26.7. The number of ether oxygens (including phenoxy) is 3. The van der Waals surface area contributed by atoms with Gasteiger partial charge in [0.1, 0.15) is 22.3 Å². The minimum absolute atomic E-state index is 0.0392. The maximum Gasteiger partial charge on any atom is 0.254 e. The quantitative estimate of drug-likeness (QED) is 0.419. The molecule has 37 heavy (non-hydrogen) atoms. The Morgan fingerprint density at radius 3 is 2.19 bits per heavy atom. The van der Waals surface area contributed by atoms with Crippen molar-refractivity contribution in [2.45, 2.75) is 18.9 Å². The first-order valence-corrected chi connectivity index (χ1v) is 12.2. The van der Waals surface area contributed by atoms with Crippen molar-refractivity contribution in [3.63, 3.8) is 0 Å². The zero-order valence-electron chi connectivity index (χ0n) is 20.5. The van der Waals surface area contributed by atoms with Crippen molar-refractivity contribution in [3.05, 3.63) is 58.0 Å². The van der Waals surface area contributed by atoms with E-state index in [4.69, 9.17) is 19.9 Å². The molecule has 2 heterocycles. The number of nitrogens with one attached hydrogen (secondary N) is 1. The van der Waals surface area contributed by atoms with Crippen LogP contribution in [-0.2, 0) is 0 Å². The Morgan fingerprint density at radius 1 is 1.05 bits per heavy atom. The van der Waals surface area contributed by atoms with Gasteiger partial charge in [0.2, 0.25) is 11.5 Å². The van der Waals surface area contributed by atoms with Crippen LogP contribution < -0.4 is 25.3 Å². The number of carbonyl (C=O) groups is 2. The Morgan fingerprint density at radius 2 is 1.65 bits per heavy atom. The van der Waals surface area contributed by atoms with Gasteiger partial charge in [-0.25, -0.2) is 13.8 Å². The molecule has 3 N–H and O–H groups in total. The Labute approximate surface area is 216 Å². The minimum Gasteiger partial charge on any atom is -0.493 e. The molecule has 3 aromatic rings. The third kappa shape index (κ3) is 5.29. The average Bonchev–Trinajstić information content (AvgIpc) is 3.27. The molecule has 0 bridgehead atoms. The van der Waals surface area contributed by atoms with Crippen LogP contribution in [0.25, 0.3) is 0 Å². The summed E-state index contributed by atoms with van der Waals surface area (Å²) in [6.45, 7) is 0.945. The molecule has 0 unspecified atom stereocenters. The van der Waals surface area contributed by atoms with Crippen molar-refractivity contribution in [2.75, 3.05) is 45.5 Å². The van der Waals surface area contributed by atoms with Gasteiger partial charge in [-0.2, -0.15) is 0 Å². The molecule has 1 amide bonds. The number of likely N-dealkylation sites (tertiary alicyclic amines) is 1. The van der Waals surface area contributed by atoms with E-state index < -0.39 is 23.0 Å². The van der Waals surface area contributed by atoms with Crippen LogP contribution in [0.2, 0.25) is 0 Å². The number of nitrogens with zero attached hydrogens (tertiary/aromatic N) is 2. The second-order valence-electron chi connectivity index (χ2n) is 8.28. The third-order valence-corrected chi connectivity index (χ3v) is 7.07. The van der Waals surface area contributed by atoms with E-state index in [1.54, 1.807) is 17.0 Å². The third-order valence-electron chi connectivity index (χ3n) is 6.07. The van der Waals surface area contributed by atoms with Gasteiger partial charge >= 0.3 is 0 Å². The predicted octanol–water partition coefficient (Wildman–Crippen LogP) is 3.98. The Hall–Kier alpha value is -3.93. The number of amides is 1. The van der Waals surface area contributed by atoms with Gasteiger partial charge in [-0.3, -0.25) is 9.59 Å². The summed E-state index contributed by atoms with van der Waals surface area (Å²) in [5.41, 5.74) is 5.64. The van der Waals surface area contributed by atoms with Gasteiger partial charge in [-0.05, 0) is 37.1 Å². The summed E-state index contributed by atoms with van der Waals surface area (Å²) in [5.74, 6) is -1.86. The molecule has 12 heteroatoms. The second-order valence-corrected chi connectivity index (χ2v) is 9.28. The van der Waals surface area contributed by atoms with Gasteiger partial charge in [-0.15, -0.1) is 0 Å². The van der Waals surface area contributed by atoms with E-state index in [1.165, 1.54) is 27.4 Å². The van der Waals surface area contributed by atoms with E-state index in [0.717, 1.165) is 23.5 Å². The summed E-state index contributed by atoms with van der Waals surface area (Å²) in [6.07, 6.45) is 1.22. The number of nitrogen functional groups attached to an aromatic ring is 1. The smallest absolute Gasteiger partial charge is 0.254 e. The number of benzene rings is 2. The number of piperidine rings is 1. The molecule has 1 aliphatic heterocycles. The summed E-state index contributed by atoms with van der Waals surface area (Å²) >= 11 is 0.939. The molecule has 4 rings (SSSR count). The number of rotatable bonds is 8. The van der Waals surface area contributed by atoms with Crippen molar-refractivity contribution >= 4 is 34.0 Å². The number of aromatic nitrogens is 1. The SMILES string of the molecule is COc1cc(C(=O)N2CCC(Nc3nc(N)c(C(=O)c4c(F)cccc4F)s3)CC2)cc(OC)c1OC. The normalized spacial score (nSPS) is 13.8. The first-order valence-electron chi connectivity index (χ1n) is 11.4. The van der Waals surface area contributed by atoms with Crippen LogP contribution >= 0.6 is 11.3 Å². The van der Waals surface area contributed by atoms with Gasteiger partial charge in [0.05, 0.1) is 26.9 Å². The molecule has 1 aliphatic rings. The maximum atomic E-state index is 14.1. The molecule has 0 aliphatic carbocycles. The van der Waals surface area contributed by atoms with Gasteiger partial charge in [0.15, 0.2) is 16.6 Å². The number of nitrogens with two attached hydrogens (primary N) is 1. The molecule has 1 fully saturated rings. The monoisotopic (exact) mass is 532 g/mol. The van der Waals surface area contributed by atoms with Crippen molar-refractivity contribution in [2.24, 2.45) is 0 Å².